The van der Waals surface area contributed by atoms with Gasteiger partial charge in [-0.05, 0) is 66.3 Å². The summed E-state index contributed by atoms with van der Waals surface area (Å²) >= 11 is 0. The van der Waals surface area contributed by atoms with E-state index in [1.54, 1.807) is 12.4 Å². The van der Waals surface area contributed by atoms with Crippen LogP contribution in [-0.4, -0.2) is 30.1 Å². The number of anilines is 1. The molecular formula is C31H27N7. The molecule has 0 spiro atoms. The Bertz CT molecular complexity index is 1770. The molecule has 7 nitrogen and oxygen atoms in total. The number of pyridine rings is 3. The van der Waals surface area contributed by atoms with Crippen LogP contribution >= 0.6 is 0 Å². The van der Waals surface area contributed by atoms with E-state index >= 15 is 0 Å². The molecule has 1 saturated carbocycles. The van der Waals surface area contributed by atoms with Gasteiger partial charge in [0.15, 0.2) is 0 Å². The number of allylic oxidation sites excluding steroid dienone is 1. The highest BCUT2D eigenvalue weighted by Gasteiger charge is 2.18. The fraction of sp³-hybridized carbons (Fsp3) is 0.161. The molecule has 6 aromatic rings. The van der Waals surface area contributed by atoms with E-state index in [4.69, 9.17) is 0 Å². The molecule has 0 saturated heterocycles. The molecule has 1 aliphatic carbocycles. The fourth-order valence-electron chi connectivity index (χ4n) is 5.57. The van der Waals surface area contributed by atoms with Gasteiger partial charge in [0.1, 0.15) is 5.69 Å². The second-order valence-corrected chi connectivity index (χ2v) is 9.99. The number of hydrogen-bond acceptors (Lipinski definition) is 5. The lowest BCUT2D eigenvalue weighted by molar-refractivity contribution is 0.649. The van der Waals surface area contributed by atoms with Gasteiger partial charge in [-0.15, -0.1) is 0 Å². The number of H-pyrrole nitrogens is 2. The summed E-state index contributed by atoms with van der Waals surface area (Å²) in [6.07, 6.45) is 16.1. The number of aromatic amines is 2. The summed E-state index contributed by atoms with van der Waals surface area (Å²) in [6.45, 7) is 4.29. The Hall–Kier alpha value is -4.78. The van der Waals surface area contributed by atoms with Crippen LogP contribution in [0.2, 0.25) is 0 Å². The Morgan fingerprint density at radius 1 is 0.789 bits per heavy atom. The van der Waals surface area contributed by atoms with Crippen LogP contribution in [0.4, 0.5) is 5.69 Å². The zero-order valence-corrected chi connectivity index (χ0v) is 20.9. The van der Waals surface area contributed by atoms with Crippen molar-refractivity contribution in [2.24, 2.45) is 5.92 Å². The second-order valence-electron chi connectivity index (χ2n) is 9.99. The quantitative estimate of drug-likeness (QED) is 0.224. The number of fused-ring (bicyclic) bond motifs is 2. The summed E-state index contributed by atoms with van der Waals surface area (Å²) in [7, 11) is 0. The molecular weight excluding hydrogens is 470 g/mol. The third-order valence-electron chi connectivity index (χ3n) is 7.58. The lowest BCUT2D eigenvalue weighted by Crippen LogP contribution is -2.07. The molecule has 0 bridgehead atoms. The lowest BCUT2D eigenvalue weighted by atomic mass is 10.0. The van der Waals surface area contributed by atoms with E-state index in [2.05, 4.69) is 72.4 Å². The largest absolute Gasteiger partial charge is 0.358 e. The zero-order valence-electron chi connectivity index (χ0n) is 20.9. The zero-order chi connectivity index (χ0) is 25.5. The van der Waals surface area contributed by atoms with Crippen LogP contribution in [0.1, 0.15) is 25.7 Å². The van der Waals surface area contributed by atoms with Gasteiger partial charge in [0.25, 0.3) is 0 Å². The van der Waals surface area contributed by atoms with Gasteiger partial charge in [-0.2, -0.15) is 5.10 Å². The Balaban J connectivity index is 1.25. The maximum absolute atomic E-state index is 4.67. The summed E-state index contributed by atoms with van der Waals surface area (Å²) in [6, 6.07) is 14.6. The van der Waals surface area contributed by atoms with Gasteiger partial charge in [-0.25, -0.2) is 0 Å². The fourth-order valence-corrected chi connectivity index (χ4v) is 5.57. The van der Waals surface area contributed by atoms with Crippen molar-refractivity contribution in [1.82, 2.24) is 30.1 Å². The topological polar surface area (TPSA) is 95.2 Å². The third kappa shape index (κ3) is 4.02. The van der Waals surface area contributed by atoms with Crippen molar-refractivity contribution in [2.75, 3.05) is 5.32 Å². The number of hydrogen-bond donors (Lipinski definition) is 3. The minimum atomic E-state index is 0.550. The summed E-state index contributed by atoms with van der Waals surface area (Å²) in [5, 5.41) is 13.5. The van der Waals surface area contributed by atoms with Crippen LogP contribution in [0, 0.1) is 5.92 Å². The number of rotatable bonds is 6. The van der Waals surface area contributed by atoms with Crippen LogP contribution in [0.25, 0.3) is 55.4 Å². The van der Waals surface area contributed by atoms with Crippen molar-refractivity contribution in [3.8, 4) is 33.6 Å². The van der Waals surface area contributed by atoms with Crippen molar-refractivity contribution in [3.05, 3.63) is 91.9 Å². The van der Waals surface area contributed by atoms with Gasteiger partial charge >= 0.3 is 0 Å². The Labute approximate surface area is 220 Å². The Morgan fingerprint density at radius 2 is 1.63 bits per heavy atom. The smallest absolute Gasteiger partial charge is 0.116 e. The molecule has 0 unspecified atom stereocenters. The van der Waals surface area contributed by atoms with Crippen LogP contribution in [0.15, 0.2) is 91.9 Å². The molecule has 38 heavy (non-hydrogen) atoms. The highest BCUT2D eigenvalue weighted by atomic mass is 15.1. The van der Waals surface area contributed by atoms with E-state index in [1.165, 1.54) is 25.7 Å². The normalized spacial score (nSPS) is 13.9. The van der Waals surface area contributed by atoms with Crippen molar-refractivity contribution in [2.45, 2.75) is 25.7 Å². The summed E-state index contributed by atoms with van der Waals surface area (Å²) in [5.41, 5.74) is 10.1. The van der Waals surface area contributed by atoms with Gasteiger partial charge in [-0.1, -0.05) is 25.5 Å². The molecule has 1 fully saturated rings. The highest BCUT2D eigenvalue weighted by Crippen LogP contribution is 2.35. The molecule has 1 aliphatic rings. The standard InChI is InChI=1S/C31H27N7/c1-19(20-4-2-3-5-20)35-24-12-23(15-33-16-24)22-6-7-28-26(13-22)31(38-37-28)29-14-25-27(17-34-18-30(25)36-29)21-8-10-32-11-9-21/h6-18,20,35-36H,1-5H2,(H,37,38). The molecule has 0 atom stereocenters. The summed E-state index contributed by atoms with van der Waals surface area (Å²) in [4.78, 5) is 16.6. The maximum atomic E-state index is 4.67. The van der Waals surface area contributed by atoms with E-state index in [-0.39, 0.29) is 0 Å². The predicted octanol–water partition coefficient (Wildman–Crippen LogP) is 7.35. The van der Waals surface area contributed by atoms with E-state index in [0.29, 0.717) is 5.92 Å². The monoisotopic (exact) mass is 497 g/mol. The number of benzene rings is 1. The van der Waals surface area contributed by atoms with Gasteiger partial charge in [-0.3, -0.25) is 20.1 Å². The van der Waals surface area contributed by atoms with Crippen LogP contribution in [-0.2, 0) is 0 Å². The molecule has 0 amide bonds. The van der Waals surface area contributed by atoms with E-state index in [0.717, 1.165) is 66.8 Å². The lowest BCUT2D eigenvalue weighted by Gasteiger charge is -2.16. The van der Waals surface area contributed by atoms with Crippen LogP contribution < -0.4 is 5.32 Å². The van der Waals surface area contributed by atoms with Crippen LogP contribution in [0.5, 0.6) is 0 Å². The molecule has 3 N–H and O–H groups in total. The minimum Gasteiger partial charge on any atom is -0.358 e. The molecule has 0 radical (unpaired) electrons. The molecule has 5 heterocycles. The number of nitrogens with one attached hydrogen (secondary N) is 3. The predicted molar refractivity (Wildman–Crippen MR) is 152 cm³/mol. The van der Waals surface area contributed by atoms with Gasteiger partial charge < -0.3 is 10.3 Å². The molecule has 0 aliphatic heterocycles. The van der Waals surface area contributed by atoms with Crippen LogP contribution in [0.3, 0.4) is 0 Å². The second kappa shape index (κ2) is 9.27. The van der Waals surface area contributed by atoms with Crippen molar-refractivity contribution >= 4 is 27.5 Å². The Morgan fingerprint density at radius 3 is 2.50 bits per heavy atom. The first kappa shape index (κ1) is 22.4. The summed E-state index contributed by atoms with van der Waals surface area (Å²) in [5.74, 6) is 0.550. The van der Waals surface area contributed by atoms with E-state index in [1.807, 2.05) is 36.9 Å². The molecule has 1 aromatic carbocycles. The first-order chi connectivity index (χ1) is 18.7. The maximum Gasteiger partial charge on any atom is 0.116 e. The average molecular weight is 498 g/mol. The molecule has 7 heteroatoms. The van der Waals surface area contributed by atoms with Gasteiger partial charge in [0.05, 0.1) is 34.8 Å². The van der Waals surface area contributed by atoms with Crippen molar-refractivity contribution in [3.63, 3.8) is 0 Å². The SMILES string of the molecule is C=C(Nc1cncc(-c2ccc3[nH]nc(-c4cc5c(-c6ccncc6)cncc5[nH]4)c3c2)c1)C1CCCC1. The van der Waals surface area contributed by atoms with Gasteiger partial charge in [0.2, 0.25) is 0 Å². The number of nitrogens with zero attached hydrogens (tertiary/aromatic N) is 4. The van der Waals surface area contributed by atoms with E-state index < -0.39 is 0 Å². The number of aromatic nitrogens is 6. The van der Waals surface area contributed by atoms with E-state index in [9.17, 15) is 0 Å². The molecule has 186 valence electrons. The summed E-state index contributed by atoms with van der Waals surface area (Å²) < 4.78 is 0. The average Bonchev–Trinajstić information content (AvgIpc) is 3.73. The third-order valence-corrected chi connectivity index (χ3v) is 7.58. The van der Waals surface area contributed by atoms with Gasteiger partial charge in [0, 0.05) is 52.4 Å². The minimum absolute atomic E-state index is 0.550. The molecule has 7 rings (SSSR count). The Kier molecular flexibility index (Phi) is 5.47. The molecule has 5 aromatic heterocycles. The van der Waals surface area contributed by atoms with Crippen molar-refractivity contribution < 1.29 is 0 Å². The highest BCUT2D eigenvalue weighted by molar-refractivity contribution is 6.01. The first-order valence-electron chi connectivity index (χ1n) is 13.0. The van der Waals surface area contributed by atoms with Crippen molar-refractivity contribution in [1.29, 1.82) is 0 Å². The first-order valence-corrected chi connectivity index (χ1v) is 13.0.